The fraction of sp³-hybridized carbons (Fsp3) is 0.471. The molecule has 0 unspecified atom stereocenters. The number of benzene rings is 1. The minimum absolute atomic E-state index is 0.0234. The molecule has 2 aliphatic rings. The summed E-state index contributed by atoms with van der Waals surface area (Å²) in [7, 11) is 0. The van der Waals surface area contributed by atoms with E-state index in [0.717, 1.165) is 43.0 Å². The summed E-state index contributed by atoms with van der Waals surface area (Å²) in [5.41, 5.74) is 0.902. The normalized spacial score (nSPS) is 22.8. The van der Waals surface area contributed by atoms with Gasteiger partial charge < -0.3 is 10.1 Å². The molecule has 6 nitrogen and oxygen atoms in total. The number of nitrogens with zero attached hydrogens (tertiary/aromatic N) is 2. The summed E-state index contributed by atoms with van der Waals surface area (Å²) < 4.78 is 5.36. The van der Waals surface area contributed by atoms with Crippen molar-refractivity contribution in [3.8, 4) is 0 Å². The summed E-state index contributed by atoms with van der Waals surface area (Å²) in [5, 5.41) is 16.7. The number of amides is 2. The number of urea groups is 1. The van der Waals surface area contributed by atoms with Gasteiger partial charge in [0.25, 0.3) is 0 Å². The third-order valence-electron chi connectivity index (χ3n) is 4.71. The molecule has 0 bridgehead atoms. The lowest BCUT2D eigenvalue weighted by Gasteiger charge is -2.18. The van der Waals surface area contributed by atoms with Crippen LogP contribution >= 0.6 is 34.5 Å². The Bertz CT molecular complexity index is 790. The van der Waals surface area contributed by atoms with Crippen LogP contribution in [0.1, 0.15) is 41.7 Å². The SMILES string of the molecule is O=C(Nc1nnc(C2CCOCC2)s1)N[C@@H]1C[C@H]1c1c(Cl)cccc1Cl. The zero-order valence-electron chi connectivity index (χ0n) is 13.9. The Hall–Kier alpha value is -1.41. The Balaban J connectivity index is 1.32. The molecule has 1 saturated carbocycles. The van der Waals surface area contributed by atoms with Crippen LogP contribution in [0.4, 0.5) is 9.93 Å². The van der Waals surface area contributed by atoms with Gasteiger partial charge in [0, 0.05) is 41.1 Å². The van der Waals surface area contributed by atoms with E-state index >= 15 is 0 Å². The van der Waals surface area contributed by atoms with Crippen molar-refractivity contribution in [2.45, 2.75) is 37.1 Å². The Morgan fingerprint density at radius 1 is 1.19 bits per heavy atom. The summed E-state index contributed by atoms with van der Waals surface area (Å²) in [6.45, 7) is 1.50. The molecule has 2 heterocycles. The molecule has 2 fully saturated rings. The lowest BCUT2D eigenvalue weighted by atomic mass is 10.0. The highest BCUT2D eigenvalue weighted by Gasteiger charge is 2.42. The van der Waals surface area contributed by atoms with Gasteiger partial charge in [-0.05, 0) is 37.0 Å². The zero-order chi connectivity index (χ0) is 18.1. The molecule has 2 aromatic rings. The third kappa shape index (κ3) is 3.96. The molecule has 26 heavy (non-hydrogen) atoms. The molecule has 9 heteroatoms. The van der Waals surface area contributed by atoms with Crippen LogP contribution in [-0.2, 0) is 4.74 Å². The molecule has 2 atom stereocenters. The van der Waals surface area contributed by atoms with Crippen LogP contribution in [0.15, 0.2) is 18.2 Å². The predicted octanol–water partition coefficient (Wildman–Crippen LogP) is 4.42. The number of nitrogens with one attached hydrogen (secondary N) is 2. The highest BCUT2D eigenvalue weighted by Crippen LogP contribution is 2.46. The van der Waals surface area contributed by atoms with E-state index in [1.165, 1.54) is 11.3 Å². The summed E-state index contributed by atoms with van der Waals surface area (Å²) >= 11 is 13.9. The van der Waals surface area contributed by atoms with E-state index in [0.29, 0.717) is 21.1 Å². The molecule has 0 radical (unpaired) electrons. The maximum absolute atomic E-state index is 12.2. The van der Waals surface area contributed by atoms with Crippen molar-refractivity contribution in [3.63, 3.8) is 0 Å². The largest absolute Gasteiger partial charge is 0.381 e. The minimum Gasteiger partial charge on any atom is -0.381 e. The maximum Gasteiger partial charge on any atom is 0.321 e. The summed E-state index contributed by atoms with van der Waals surface area (Å²) in [4.78, 5) is 12.2. The zero-order valence-corrected chi connectivity index (χ0v) is 16.2. The fourth-order valence-corrected chi connectivity index (χ4v) is 4.82. The van der Waals surface area contributed by atoms with Gasteiger partial charge in [0.2, 0.25) is 5.13 Å². The Morgan fingerprint density at radius 2 is 1.92 bits per heavy atom. The van der Waals surface area contributed by atoms with Gasteiger partial charge in [0.15, 0.2) is 0 Å². The highest BCUT2D eigenvalue weighted by atomic mass is 35.5. The van der Waals surface area contributed by atoms with Gasteiger partial charge in [-0.3, -0.25) is 5.32 Å². The smallest absolute Gasteiger partial charge is 0.321 e. The van der Waals surface area contributed by atoms with Gasteiger partial charge in [-0.2, -0.15) is 0 Å². The van der Waals surface area contributed by atoms with Crippen LogP contribution in [0.3, 0.4) is 0 Å². The molecule has 2 amide bonds. The molecular formula is C17H18Cl2N4O2S. The third-order valence-corrected chi connectivity index (χ3v) is 6.37. The standard InChI is InChI=1S/C17H18Cl2N4O2S/c18-11-2-1-3-12(19)14(11)10-8-13(10)20-16(24)21-17-23-22-15(26-17)9-4-6-25-7-5-9/h1-3,9-10,13H,4-8H2,(H2,20,21,23,24)/t10-,13-/m1/s1. The van der Waals surface area contributed by atoms with Crippen molar-refractivity contribution in [1.82, 2.24) is 15.5 Å². The Morgan fingerprint density at radius 3 is 2.65 bits per heavy atom. The van der Waals surface area contributed by atoms with Crippen molar-refractivity contribution in [2.75, 3.05) is 18.5 Å². The topological polar surface area (TPSA) is 76.1 Å². The highest BCUT2D eigenvalue weighted by molar-refractivity contribution is 7.15. The number of carbonyl (C=O) groups is 1. The number of carbonyl (C=O) groups excluding carboxylic acids is 1. The molecule has 1 aliphatic carbocycles. The first-order chi connectivity index (χ1) is 12.6. The predicted molar refractivity (Wildman–Crippen MR) is 102 cm³/mol. The summed E-state index contributed by atoms with van der Waals surface area (Å²) in [6, 6.07) is 5.19. The van der Waals surface area contributed by atoms with Crippen LogP contribution in [0.2, 0.25) is 10.0 Å². The number of rotatable bonds is 4. The first-order valence-electron chi connectivity index (χ1n) is 8.54. The van der Waals surface area contributed by atoms with Gasteiger partial charge in [0.05, 0.1) is 0 Å². The van der Waals surface area contributed by atoms with Gasteiger partial charge in [0.1, 0.15) is 5.01 Å². The van der Waals surface area contributed by atoms with Gasteiger partial charge in [-0.15, -0.1) is 10.2 Å². The van der Waals surface area contributed by atoms with Crippen LogP contribution in [0.25, 0.3) is 0 Å². The Labute approximate surface area is 165 Å². The van der Waals surface area contributed by atoms with Crippen molar-refractivity contribution in [2.24, 2.45) is 0 Å². The van der Waals surface area contributed by atoms with Gasteiger partial charge in [-0.25, -0.2) is 4.79 Å². The van der Waals surface area contributed by atoms with Gasteiger partial charge in [-0.1, -0.05) is 40.6 Å². The molecule has 1 aromatic heterocycles. The molecule has 1 aromatic carbocycles. The average Bonchev–Trinajstić information content (AvgIpc) is 3.19. The fourth-order valence-electron chi connectivity index (χ4n) is 3.23. The van der Waals surface area contributed by atoms with E-state index in [1.54, 1.807) is 0 Å². The van der Waals surface area contributed by atoms with Crippen LogP contribution in [-0.4, -0.2) is 35.5 Å². The first kappa shape index (κ1) is 18.0. The maximum atomic E-state index is 12.2. The molecule has 2 N–H and O–H groups in total. The number of aromatic nitrogens is 2. The number of hydrogen-bond donors (Lipinski definition) is 2. The van der Waals surface area contributed by atoms with E-state index in [-0.39, 0.29) is 18.0 Å². The average molecular weight is 413 g/mol. The van der Waals surface area contributed by atoms with E-state index in [9.17, 15) is 4.79 Å². The van der Waals surface area contributed by atoms with E-state index in [1.807, 2.05) is 18.2 Å². The summed E-state index contributed by atoms with van der Waals surface area (Å²) in [6.07, 6.45) is 2.71. The van der Waals surface area contributed by atoms with Crippen LogP contribution in [0, 0.1) is 0 Å². The van der Waals surface area contributed by atoms with E-state index in [2.05, 4.69) is 20.8 Å². The Kier molecular flexibility index (Phi) is 5.31. The van der Waals surface area contributed by atoms with Crippen molar-refractivity contribution < 1.29 is 9.53 Å². The number of hydrogen-bond acceptors (Lipinski definition) is 5. The van der Waals surface area contributed by atoms with E-state index < -0.39 is 0 Å². The molecule has 0 spiro atoms. The molecule has 1 aliphatic heterocycles. The van der Waals surface area contributed by atoms with Crippen LogP contribution in [0.5, 0.6) is 0 Å². The molecule has 1 saturated heterocycles. The van der Waals surface area contributed by atoms with E-state index in [4.69, 9.17) is 27.9 Å². The molecular weight excluding hydrogens is 395 g/mol. The summed E-state index contributed by atoms with van der Waals surface area (Å²) in [5.74, 6) is 0.518. The number of anilines is 1. The lowest BCUT2D eigenvalue weighted by Crippen LogP contribution is -2.31. The monoisotopic (exact) mass is 412 g/mol. The van der Waals surface area contributed by atoms with Crippen molar-refractivity contribution in [3.05, 3.63) is 38.8 Å². The van der Waals surface area contributed by atoms with Crippen molar-refractivity contribution >= 4 is 45.7 Å². The van der Waals surface area contributed by atoms with Crippen molar-refractivity contribution in [1.29, 1.82) is 0 Å². The number of ether oxygens (including phenoxy) is 1. The first-order valence-corrected chi connectivity index (χ1v) is 10.1. The second kappa shape index (κ2) is 7.68. The number of halogens is 2. The minimum atomic E-state index is -0.282. The molecule has 4 rings (SSSR count). The lowest BCUT2D eigenvalue weighted by molar-refractivity contribution is 0.0851. The molecule has 138 valence electrons. The van der Waals surface area contributed by atoms with Crippen LogP contribution < -0.4 is 10.6 Å². The quantitative estimate of drug-likeness (QED) is 0.778. The second-order valence-electron chi connectivity index (χ2n) is 6.51. The van der Waals surface area contributed by atoms with Gasteiger partial charge >= 0.3 is 6.03 Å². The second-order valence-corrected chi connectivity index (χ2v) is 8.34.